The summed E-state index contributed by atoms with van der Waals surface area (Å²) in [4.78, 5) is 16.5. The fraction of sp³-hybridized carbons (Fsp3) is 0.0556. The van der Waals surface area contributed by atoms with Gasteiger partial charge in [-0.25, -0.2) is 13.8 Å². The molecule has 0 spiro atoms. The molecular weight excluding hydrogens is 340 g/mol. The van der Waals surface area contributed by atoms with E-state index in [9.17, 15) is 13.6 Å². The Morgan fingerprint density at radius 1 is 1.23 bits per heavy atom. The van der Waals surface area contributed by atoms with E-state index >= 15 is 0 Å². The first-order valence-corrected chi connectivity index (χ1v) is 7.65. The quantitative estimate of drug-likeness (QED) is 0.614. The lowest BCUT2D eigenvalue weighted by Gasteiger charge is -2.04. The number of carbonyl (C=O) groups is 1. The molecule has 1 amide bonds. The van der Waals surface area contributed by atoms with Gasteiger partial charge in [-0.05, 0) is 29.8 Å². The second-order valence-corrected chi connectivity index (χ2v) is 5.54. The Hall–Kier alpha value is -3.55. The minimum atomic E-state index is -0.704. The monoisotopic (exact) mass is 355 g/mol. The standard InChI is InChI=1S/C18H15F2N5O/c19-14-3-11(4-15(20)5-14)8-23-18(26)16-10-25-9-12(13(6-21)7-22)1-2-17(25)24-16/h1-7,9-10,21H,8,22H2,(H,23,26)/b13-7+,21-6?. The number of imidazole rings is 1. The molecule has 0 fully saturated rings. The zero-order valence-corrected chi connectivity index (χ0v) is 13.5. The summed E-state index contributed by atoms with van der Waals surface area (Å²) in [6.45, 7) is -0.0273. The van der Waals surface area contributed by atoms with Crippen LogP contribution in [0.5, 0.6) is 0 Å². The number of hydrogen-bond acceptors (Lipinski definition) is 4. The molecule has 4 N–H and O–H groups in total. The summed E-state index contributed by atoms with van der Waals surface area (Å²) in [5.41, 5.74) is 7.71. The van der Waals surface area contributed by atoms with Crippen molar-refractivity contribution in [2.45, 2.75) is 6.54 Å². The number of nitrogens with one attached hydrogen (secondary N) is 2. The number of carbonyl (C=O) groups excluding carboxylic acids is 1. The third-order valence-electron chi connectivity index (χ3n) is 3.73. The van der Waals surface area contributed by atoms with E-state index < -0.39 is 17.5 Å². The molecule has 0 bridgehead atoms. The predicted molar refractivity (Wildman–Crippen MR) is 93.7 cm³/mol. The number of hydrogen-bond donors (Lipinski definition) is 3. The number of nitrogens with two attached hydrogens (primary N) is 1. The molecule has 0 saturated heterocycles. The van der Waals surface area contributed by atoms with Gasteiger partial charge in [-0.3, -0.25) is 4.79 Å². The Morgan fingerprint density at radius 3 is 2.62 bits per heavy atom. The minimum Gasteiger partial charge on any atom is -0.404 e. The number of pyridine rings is 1. The number of benzene rings is 1. The molecule has 2 heterocycles. The van der Waals surface area contributed by atoms with Crippen molar-refractivity contribution in [2.24, 2.45) is 5.73 Å². The van der Waals surface area contributed by atoms with Crippen LogP contribution in [0.15, 0.2) is 48.9 Å². The first-order chi connectivity index (χ1) is 12.5. The summed E-state index contributed by atoms with van der Waals surface area (Å²) in [5, 5.41) is 9.90. The summed E-state index contributed by atoms with van der Waals surface area (Å²) in [7, 11) is 0. The molecule has 0 aliphatic heterocycles. The highest BCUT2D eigenvalue weighted by Gasteiger charge is 2.12. The molecule has 3 aromatic rings. The summed E-state index contributed by atoms with van der Waals surface area (Å²) in [6.07, 6.45) is 5.67. The lowest BCUT2D eigenvalue weighted by atomic mass is 10.1. The van der Waals surface area contributed by atoms with E-state index in [0.29, 0.717) is 22.3 Å². The van der Waals surface area contributed by atoms with Gasteiger partial charge < -0.3 is 20.9 Å². The highest BCUT2D eigenvalue weighted by molar-refractivity contribution is 6.08. The van der Waals surface area contributed by atoms with Crippen molar-refractivity contribution in [3.63, 3.8) is 0 Å². The molecule has 0 aliphatic carbocycles. The molecule has 1 aromatic carbocycles. The van der Waals surface area contributed by atoms with Crippen LogP contribution in [-0.4, -0.2) is 21.5 Å². The molecule has 132 valence electrons. The van der Waals surface area contributed by atoms with Crippen LogP contribution in [0.2, 0.25) is 0 Å². The average Bonchev–Trinajstić information content (AvgIpc) is 3.03. The molecule has 0 radical (unpaired) electrons. The fourth-order valence-electron chi connectivity index (χ4n) is 2.49. The Labute approximate surface area is 147 Å². The zero-order chi connectivity index (χ0) is 18.7. The van der Waals surface area contributed by atoms with E-state index in [1.165, 1.54) is 12.4 Å². The first-order valence-electron chi connectivity index (χ1n) is 7.65. The second-order valence-electron chi connectivity index (χ2n) is 5.54. The summed E-state index contributed by atoms with van der Waals surface area (Å²) in [6, 6.07) is 6.50. The largest absolute Gasteiger partial charge is 0.404 e. The van der Waals surface area contributed by atoms with Gasteiger partial charge in [-0.2, -0.15) is 0 Å². The van der Waals surface area contributed by atoms with E-state index in [-0.39, 0.29) is 12.2 Å². The van der Waals surface area contributed by atoms with Crippen LogP contribution in [0.3, 0.4) is 0 Å². The number of fused-ring (bicyclic) bond motifs is 1. The van der Waals surface area contributed by atoms with E-state index in [1.807, 2.05) is 0 Å². The number of allylic oxidation sites excluding steroid dienone is 1. The Bertz CT molecular complexity index is 1010. The van der Waals surface area contributed by atoms with Crippen LogP contribution in [0.25, 0.3) is 11.2 Å². The van der Waals surface area contributed by atoms with E-state index in [4.69, 9.17) is 11.1 Å². The third-order valence-corrected chi connectivity index (χ3v) is 3.73. The summed E-state index contributed by atoms with van der Waals surface area (Å²) in [5.74, 6) is -1.88. The highest BCUT2D eigenvalue weighted by Crippen LogP contribution is 2.14. The molecule has 6 nitrogen and oxygen atoms in total. The van der Waals surface area contributed by atoms with Crippen molar-refractivity contribution in [3.05, 3.63) is 77.4 Å². The van der Waals surface area contributed by atoms with Gasteiger partial charge in [0.1, 0.15) is 23.0 Å². The van der Waals surface area contributed by atoms with Crippen LogP contribution in [-0.2, 0) is 6.54 Å². The van der Waals surface area contributed by atoms with Crippen molar-refractivity contribution < 1.29 is 13.6 Å². The van der Waals surface area contributed by atoms with Gasteiger partial charge in [-0.15, -0.1) is 0 Å². The van der Waals surface area contributed by atoms with Gasteiger partial charge in [0.05, 0.1) is 0 Å². The molecule has 8 heteroatoms. The van der Waals surface area contributed by atoms with Crippen molar-refractivity contribution in [1.29, 1.82) is 5.41 Å². The molecule has 0 aliphatic rings. The van der Waals surface area contributed by atoms with Crippen molar-refractivity contribution in [3.8, 4) is 0 Å². The third kappa shape index (κ3) is 3.59. The number of nitrogens with zero attached hydrogens (tertiary/aromatic N) is 2. The SMILES string of the molecule is N=C/C(=C\N)c1ccc2nc(C(=O)NCc3cc(F)cc(F)c3)cn2c1. The van der Waals surface area contributed by atoms with Crippen LogP contribution < -0.4 is 11.1 Å². The lowest BCUT2D eigenvalue weighted by Crippen LogP contribution is -2.23. The van der Waals surface area contributed by atoms with Gasteiger partial charge in [0.15, 0.2) is 0 Å². The molecule has 0 atom stereocenters. The van der Waals surface area contributed by atoms with Crippen LogP contribution in [0.4, 0.5) is 8.78 Å². The molecule has 26 heavy (non-hydrogen) atoms. The average molecular weight is 355 g/mol. The van der Waals surface area contributed by atoms with Crippen molar-refractivity contribution in [2.75, 3.05) is 0 Å². The molecule has 0 unspecified atom stereocenters. The number of aromatic nitrogens is 2. The van der Waals surface area contributed by atoms with E-state index in [2.05, 4.69) is 10.3 Å². The maximum Gasteiger partial charge on any atom is 0.271 e. The molecule has 2 aromatic heterocycles. The van der Waals surface area contributed by atoms with Crippen LogP contribution >= 0.6 is 0 Å². The number of halogens is 2. The maximum absolute atomic E-state index is 13.2. The first kappa shape index (κ1) is 17.3. The fourth-order valence-corrected chi connectivity index (χ4v) is 2.49. The van der Waals surface area contributed by atoms with E-state index in [1.54, 1.807) is 22.7 Å². The molecular formula is C18H15F2N5O. The van der Waals surface area contributed by atoms with Gasteiger partial charge in [0, 0.05) is 48.6 Å². The normalized spacial score (nSPS) is 11.5. The number of amides is 1. The Balaban J connectivity index is 1.79. The van der Waals surface area contributed by atoms with Crippen molar-refractivity contribution in [1.82, 2.24) is 14.7 Å². The molecule has 0 saturated carbocycles. The lowest BCUT2D eigenvalue weighted by molar-refractivity contribution is 0.0946. The van der Waals surface area contributed by atoms with Gasteiger partial charge >= 0.3 is 0 Å². The smallest absolute Gasteiger partial charge is 0.271 e. The van der Waals surface area contributed by atoms with Gasteiger partial charge in [0.2, 0.25) is 0 Å². The van der Waals surface area contributed by atoms with Crippen LogP contribution in [0.1, 0.15) is 21.6 Å². The number of rotatable bonds is 5. The molecule has 3 rings (SSSR count). The summed E-state index contributed by atoms with van der Waals surface area (Å²) < 4.78 is 28.0. The second kappa shape index (κ2) is 7.14. The van der Waals surface area contributed by atoms with Crippen LogP contribution in [0, 0.1) is 17.0 Å². The Kier molecular flexibility index (Phi) is 4.74. The Morgan fingerprint density at radius 2 is 1.96 bits per heavy atom. The highest BCUT2D eigenvalue weighted by atomic mass is 19.1. The summed E-state index contributed by atoms with van der Waals surface area (Å²) >= 11 is 0. The van der Waals surface area contributed by atoms with Crippen molar-refractivity contribution >= 4 is 23.3 Å². The van der Waals surface area contributed by atoms with Gasteiger partial charge in [-0.1, -0.05) is 0 Å². The topological polar surface area (TPSA) is 96.3 Å². The predicted octanol–water partition coefficient (Wildman–Crippen LogP) is 2.49. The minimum absolute atomic E-state index is 0.0273. The zero-order valence-electron chi connectivity index (χ0n) is 13.5. The van der Waals surface area contributed by atoms with Gasteiger partial charge in [0.25, 0.3) is 5.91 Å². The van der Waals surface area contributed by atoms with E-state index in [0.717, 1.165) is 24.4 Å². The maximum atomic E-state index is 13.2.